The van der Waals surface area contributed by atoms with Gasteiger partial charge in [0.15, 0.2) is 0 Å². The summed E-state index contributed by atoms with van der Waals surface area (Å²) in [4.78, 5) is 8.53. The maximum absolute atomic E-state index is 4.31. The third-order valence-corrected chi connectivity index (χ3v) is 2.95. The molecule has 3 rings (SSSR count). The van der Waals surface area contributed by atoms with Gasteiger partial charge in [0.05, 0.1) is 18.1 Å². The second-order valence-corrected chi connectivity index (χ2v) is 5.34. The average molecular weight is 241 g/mol. The summed E-state index contributed by atoms with van der Waals surface area (Å²) in [6.45, 7) is 6.47. The summed E-state index contributed by atoms with van der Waals surface area (Å²) < 4.78 is 1.97. The van der Waals surface area contributed by atoms with Crippen LogP contribution in [-0.4, -0.2) is 24.6 Å². The largest absolute Gasteiger partial charge is 0.284 e. The number of fused-ring (bicyclic) bond motifs is 1. The molecule has 3 heterocycles. The SMILES string of the molecule is CC(C)(C)c1[nH]ncc1-c1cnc2ncccn12. The highest BCUT2D eigenvalue weighted by atomic mass is 15.1. The molecule has 3 aromatic rings. The van der Waals surface area contributed by atoms with Crippen LogP contribution in [0.25, 0.3) is 17.0 Å². The fraction of sp³-hybridized carbons (Fsp3) is 0.308. The third kappa shape index (κ3) is 1.59. The van der Waals surface area contributed by atoms with E-state index in [9.17, 15) is 0 Å². The Morgan fingerprint density at radius 2 is 2.00 bits per heavy atom. The molecule has 92 valence electrons. The van der Waals surface area contributed by atoms with E-state index in [1.807, 2.05) is 29.1 Å². The van der Waals surface area contributed by atoms with Crippen molar-refractivity contribution >= 4 is 5.78 Å². The Labute approximate surface area is 105 Å². The van der Waals surface area contributed by atoms with Crippen molar-refractivity contribution in [3.8, 4) is 11.3 Å². The van der Waals surface area contributed by atoms with Crippen molar-refractivity contribution in [2.75, 3.05) is 0 Å². The van der Waals surface area contributed by atoms with E-state index in [0.717, 1.165) is 17.0 Å². The molecule has 0 aliphatic carbocycles. The van der Waals surface area contributed by atoms with Crippen molar-refractivity contribution in [2.24, 2.45) is 0 Å². The Hall–Kier alpha value is -2.17. The highest BCUT2D eigenvalue weighted by molar-refractivity contribution is 5.65. The lowest BCUT2D eigenvalue weighted by molar-refractivity contribution is 0.568. The first-order valence-corrected chi connectivity index (χ1v) is 5.89. The Kier molecular flexibility index (Phi) is 2.23. The molecule has 18 heavy (non-hydrogen) atoms. The summed E-state index contributed by atoms with van der Waals surface area (Å²) in [5, 5.41) is 7.25. The Balaban J connectivity index is 2.25. The molecule has 3 aromatic heterocycles. The first-order valence-electron chi connectivity index (χ1n) is 5.89. The maximum atomic E-state index is 4.31. The number of nitrogens with zero attached hydrogens (tertiary/aromatic N) is 4. The molecule has 0 aliphatic rings. The molecule has 0 atom stereocenters. The minimum Gasteiger partial charge on any atom is -0.284 e. The molecule has 5 heteroatoms. The second kappa shape index (κ2) is 3.66. The van der Waals surface area contributed by atoms with Crippen molar-refractivity contribution in [2.45, 2.75) is 26.2 Å². The number of nitrogens with one attached hydrogen (secondary N) is 1. The molecule has 0 unspecified atom stereocenters. The molecule has 0 amide bonds. The van der Waals surface area contributed by atoms with Gasteiger partial charge in [-0.3, -0.25) is 9.50 Å². The minimum atomic E-state index is 0.0121. The van der Waals surface area contributed by atoms with Crippen LogP contribution in [0, 0.1) is 0 Å². The number of rotatable bonds is 1. The topological polar surface area (TPSA) is 58.9 Å². The molecule has 0 fully saturated rings. The lowest BCUT2D eigenvalue weighted by atomic mass is 9.89. The first-order chi connectivity index (χ1) is 8.57. The zero-order valence-electron chi connectivity index (χ0n) is 10.7. The van der Waals surface area contributed by atoms with Crippen LogP contribution in [0.1, 0.15) is 26.5 Å². The fourth-order valence-corrected chi connectivity index (χ4v) is 2.08. The number of imidazole rings is 1. The lowest BCUT2D eigenvalue weighted by Crippen LogP contribution is -2.13. The number of aromatic nitrogens is 5. The molecular weight excluding hydrogens is 226 g/mol. The maximum Gasteiger partial charge on any atom is 0.234 e. The molecule has 0 radical (unpaired) electrons. The number of aromatic amines is 1. The molecular formula is C13H15N5. The first kappa shape index (κ1) is 11.0. The van der Waals surface area contributed by atoms with Gasteiger partial charge in [-0.25, -0.2) is 9.97 Å². The molecule has 0 aromatic carbocycles. The van der Waals surface area contributed by atoms with E-state index in [1.54, 1.807) is 6.20 Å². The van der Waals surface area contributed by atoms with Crippen molar-refractivity contribution in [1.82, 2.24) is 24.6 Å². The van der Waals surface area contributed by atoms with E-state index in [2.05, 4.69) is 40.9 Å². The molecule has 1 N–H and O–H groups in total. The van der Waals surface area contributed by atoms with E-state index in [0.29, 0.717) is 5.78 Å². The quantitative estimate of drug-likeness (QED) is 0.711. The van der Waals surface area contributed by atoms with Gasteiger partial charge in [-0.2, -0.15) is 5.10 Å². The predicted octanol–water partition coefficient (Wildman–Crippen LogP) is 2.42. The van der Waals surface area contributed by atoms with E-state index in [1.165, 1.54) is 0 Å². The Morgan fingerprint density at radius 1 is 1.17 bits per heavy atom. The van der Waals surface area contributed by atoms with Gasteiger partial charge in [-0.15, -0.1) is 0 Å². The van der Waals surface area contributed by atoms with E-state index >= 15 is 0 Å². The zero-order valence-corrected chi connectivity index (χ0v) is 10.7. The monoisotopic (exact) mass is 241 g/mol. The van der Waals surface area contributed by atoms with Gasteiger partial charge in [0.25, 0.3) is 0 Å². The number of hydrogen-bond acceptors (Lipinski definition) is 3. The van der Waals surface area contributed by atoms with Gasteiger partial charge in [0.1, 0.15) is 0 Å². The van der Waals surface area contributed by atoms with Crippen LogP contribution in [0.4, 0.5) is 0 Å². The van der Waals surface area contributed by atoms with E-state index < -0.39 is 0 Å². The average Bonchev–Trinajstić information content (AvgIpc) is 2.93. The smallest absolute Gasteiger partial charge is 0.234 e. The normalized spacial score (nSPS) is 12.2. The Bertz CT molecular complexity index is 687. The van der Waals surface area contributed by atoms with Crippen molar-refractivity contribution in [3.05, 3.63) is 36.5 Å². The van der Waals surface area contributed by atoms with Gasteiger partial charge in [0, 0.05) is 29.1 Å². The van der Waals surface area contributed by atoms with Crippen molar-refractivity contribution < 1.29 is 0 Å². The van der Waals surface area contributed by atoms with Gasteiger partial charge in [0.2, 0.25) is 5.78 Å². The summed E-state index contributed by atoms with van der Waals surface area (Å²) >= 11 is 0. The summed E-state index contributed by atoms with van der Waals surface area (Å²) in [6, 6.07) is 1.90. The number of hydrogen-bond donors (Lipinski definition) is 1. The summed E-state index contributed by atoms with van der Waals surface area (Å²) in [5.41, 5.74) is 3.20. The molecule has 0 saturated carbocycles. The molecule has 0 spiro atoms. The predicted molar refractivity (Wildman–Crippen MR) is 69.3 cm³/mol. The van der Waals surface area contributed by atoms with Crippen LogP contribution < -0.4 is 0 Å². The van der Waals surface area contributed by atoms with Crippen LogP contribution in [-0.2, 0) is 5.41 Å². The standard InChI is InChI=1S/C13H15N5/c1-13(2,3)11-9(7-16-17-11)10-8-15-12-14-5-4-6-18(10)12/h4-8H,1-3H3,(H,16,17). The molecule has 5 nitrogen and oxygen atoms in total. The Morgan fingerprint density at radius 3 is 2.78 bits per heavy atom. The van der Waals surface area contributed by atoms with Crippen LogP contribution >= 0.6 is 0 Å². The van der Waals surface area contributed by atoms with Crippen LogP contribution in [0.15, 0.2) is 30.9 Å². The molecule has 0 aliphatic heterocycles. The van der Waals surface area contributed by atoms with Gasteiger partial charge < -0.3 is 0 Å². The molecule has 0 bridgehead atoms. The van der Waals surface area contributed by atoms with Crippen molar-refractivity contribution in [3.63, 3.8) is 0 Å². The summed E-state index contributed by atoms with van der Waals surface area (Å²) in [7, 11) is 0. The highest BCUT2D eigenvalue weighted by Gasteiger charge is 2.22. The van der Waals surface area contributed by atoms with Crippen molar-refractivity contribution in [1.29, 1.82) is 0 Å². The van der Waals surface area contributed by atoms with Gasteiger partial charge in [-0.05, 0) is 6.07 Å². The summed E-state index contributed by atoms with van der Waals surface area (Å²) in [5.74, 6) is 0.702. The lowest BCUT2D eigenvalue weighted by Gasteiger charge is -2.18. The van der Waals surface area contributed by atoms with Gasteiger partial charge in [-0.1, -0.05) is 20.8 Å². The minimum absolute atomic E-state index is 0.0121. The number of H-pyrrole nitrogens is 1. The van der Waals surface area contributed by atoms with Crippen LogP contribution in [0.5, 0.6) is 0 Å². The second-order valence-electron chi connectivity index (χ2n) is 5.34. The summed E-state index contributed by atoms with van der Waals surface area (Å²) in [6.07, 6.45) is 7.38. The zero-order chi connectivity index (χ0) is 12.8. The van der Waals surface area contributed by atoms with Crippen LogP contribution in [0.2, 0.25) is 0 Å². The molecule has 0 saturated heterocycles. The van der Waals surface area contributed by atoms with Crippen LogP contribution in [0.3, 0.4) is 0 Å². The van der Waals surface area contributed by atoms with Gasteiger partial charge >= 0.3 is 0 Å². The van der Waals surface area contributed by atoms with E-state index in [-0.39, 0.29) is 5.41 Å². The highest BCUT2D eigenvalue weighted by Crippen LogP contribution is 2.30. The third-order valence-electron chi connectivity index (χ3n) is 2.95. The van der Waals surface area contributed by atoms with E-state index in [4.69, 9.17) is 0 Å². The fourth-order valence-electron chi connectivity index (χ4n) is 2.08.